The number of halogens is 1. The number of carbonyl (C=O) groups is 1. The lowest BCUT2D eigenvalue weighted by molar-refractivity contribution is -0.126. The molecule has 0 unspecified atom stereocenters. The molecule has 0 spiro atoms. The largest absolute Gasteiger partial charge is 0.497 e. The Morgan fingerprint density at radius 1 is 1.28 bits per heavy atom. The van der Waals surface area contributed by atoms with Crippen LogP contribution in [0.1, 0.15) is 19.3 Å². The average Bonchev–Trinajstić information content (AvgIpc) is 2.62. The Bertz CT molecular complexity index is 644. The number of hydrogen-bond acceptors (Lipinski definition) is 5. The number of benzene rings is 1. The number of rotatable bonds is 7. The Morgan fingerprint density at radius 2 is 1.88 bits per heavy atom. The van der Waals surface area contributed by atoms with Gasteiger partial charge in [-0.2, -0.15) is 4.31 Å². The van der Waals surface area contributed by atoms with Gasteiger partial charge in [0.1, 0.15) is 5.75 Å². The fourth-order valence-electron chi connectivity index (χ4n) is 2.71. The first kappa shape index (κ1) is 21.7. The lowest BCUT2D eigenvalue weighted by Crippen LogP contribution is -2.43. The van der Waals surface area contributed by atoms with Crippen LogP contribution in [-0.4, -0.2) is 51.9 Å². The second-order valence-electron chi connectivity index (χ2n) is 5.79. The first-order valence-electron chi connectivity index (χ1n) is 8.11. The lowest BCUT2D eigenvalue weighted by atomic mass is 9.97. The van der Waals surface area contributed by atoms with Gasteiger partial charge in [-0.25, -0.2) is 8.42 Å². The number of nitrogens with two attached hydrogens (primary N) is 1. The molecule has 0 atom stereocenters. The topological polar surface area (TPSA) is 102 Å². The van der Waals surface area contributed by atoms with Gasteiger partial charge in [-0.1, -0.05) is 0 Å². The van der Waals surface area contributed by atoms with Crippen molar-refractivity contribution in [3.8, 4) is 5.75 Å². The molecule has 1 saturated heterocycles. The Balaban J connectivity index is 0.00000312. The summed E-state index contributed by atoms with van der Waals surface area (Å²) in [5.41, 5.74) is 5.40. The summed E-state index contributed by atoms with van der Waals surface area (Å²) >= 11 is 0. The fourth-order valence-corrected chi connectivity index (χ4v) is 4.18. The zero-order valence-corrected chi connectivity index (χ0v) is 15.9. The predicted octanol–water partition coefficient (Wildman–Crippen LogP) is 0.983. The number of carbonyl (C=O) groups excluding carboxylic acids is 1. The fraction of sp³-hybridized carbons (Fsp3) is 0.562. The van der Waals surface area contributed by atoms with Crippen LogP contribution in [0.25, 0.3) is 0 Å². The third-order valence-corrected chi connectivity index (χ3v) is 6.11. The zero-order valence-electron chi connectivity index (χ0n) is 14.3. The highest BCUT2D eigenvalue weighted by Crippen LogP contribution is 2.25. The molecule has 25 heavy (non-hydrogen) atoms. The van der Waals surface area contributed by atoms with Crippen LogP contribution in [0.3, 0.4) is 0 Å². The van der Waals surface area contributed by atoms with E-state index < -0.39 is 10.0 Å². The number of piperidine rings is 1. The number of nitrogens with zero attached hydrogens (tertiary/aromatic N) is 1. The van der Waals surface area contributed by atoms with Crippen molar-refractivity contribution in [3.05, 3.63) is 24.3 Å². The standard InChI is InChI=1S/C16H25N3O4S.ClH/c1-23-14-3-5-15(6-4-14)24(21,22)19-11-7-13(8-12-19)16(20)18-10-2-9-17;/h3-6,13H,2,7-12,17H2,1H3,(H,18,20);1H. The van der Waals surface area contributed by atoms with Gasteiger partial charge in [-0.15, -0.1) is 12.4 Å². The second-order valence-corrected chi connectivity index (χ2v) is 7.73. The monoisotopic (exact) mass is 391 g/mol. The van der Waals surface area contributed by atoms with Crippen molar-refractivity contribution in [2.24, 2.45) is 11.7 Å². The maximum Gasteiger partial charge on any atom is 0.243 e. The Morgan fingerprint density at radius 3 is 2.40 bits per heavy atom. The van der Waals surface area contributed by atoms with Crippen LogP contribution < -0.4 is 15.8 Å². The van der Waals surface area contributed by atoms with E-state index in [0.29, 0.717) is 44.8 Å². The van der Waals surface area contributed by atoms with Crippen molar-refractivity contribution in [3.63, 3.8) is 0 Å². The number of nitrogens with one attached hydrogen (secondary N) is 1. The molecule has 7 nitrogen and oxygen atoms in total. The predicted molar refractivity (Wildman–Crippen MR) is 98.4 cm³/mol. The molecule has 0 aliphatic carbocycles. The highest BCUT2D eigenvalue weighted by atomic mass is 35.5. The molecule has 0 radical (unpaired) electrons. The molecule has 1 aliphatic rings. The van der Waals surface area contributed by atoms with Crippen molar-refractivity contribution in [1.82, 2.24) is 9.62 Å². The van der Waals surface area contributed by atoms with E-state index in [1.807, 2.05) is 0 Å². The SMILES string of the molecule is COc1ccc(S(=O)(=O)N2CCC(C(=O)NCCCN)CC2)cc1.Cl. The van der Waals surface area contributed by atoms with Crippen LogP contribution in [0.2, 0.25) is 0 Å². The van der Waals surface area contributed by atoms with Crippen LogP contribution in [0.15, 0.2) is 29.2 Å². The van der Waals surface area contributed by atoms with Crippen molar-refractivity contribution in [1.29, 1.82) is 0 Å². The molecule has 0 bridgehead atoms. The number of methoxy groups -OCH3 is 1. The van der Waals surface area contributed by atoms with Gasteiger partial charge >= 0.3 is 0 Å². The molecule has 1 amide bonds. The number of amides is 1. The molecule has 1 heterocycles. The van der Waals surface area contributed by atoms with Gasteiger partial charge in [-0.3, -0.25) is 4.79 Å². The van der Waals surface area contributed by atoms with E-state index >= 15 is 0 Å². The highest BCUT2D eigenvalue weighted by molar-refractivity contribution is 7.89. The third-order valence-electron chi connectivity index (χ3n) is 4.20. The van der Waals surface area contributed by atoms with Crippen LogP contribution in [0.4, 0.5) is 0 Å². The number of hydrogen-bond donors (Lipinski definition) is 2. The normalized spacial score (nSPS) is 16.1. The summed E-state index contributed by atoms with van der Waals surface area (Å²) in [4.78, 5) is 12.3. The maximum absolute atomic E-state index is 12.6. The van der Waals surface area contributed by atoms with Gasteiger partial charge in [-0.05, 0) is 50.1 Å². The smallest absolute Gasteiger partial charge is 0.243 e. The lowest BCUT2D eigenvalue weighted by Gasteiger charge is -2.30. The Kier molecular flexibility index (Phi) is 8.64. The number of ether oxygens (including phenoxy) is 1. The van der Waals surface area contributed by atoms with E-state index in [1.165, 1.54) is 11.4 Å². The van der Waals surface area contributed by atoms with Crippen molar-refractivity contribution < 1.29 is 17.9 Å². The van der Waals surface area contributed by atoms with Crippen LogP contribution in [0, 0.1) is 5.92 Å². The van der Waals surface area contributed by atoms with Crippen LogP contribution in [-0.2, 0) is 14.8 Å². The summed E-state index contributed by atoms with van der Waals surface area (Å²) in [6.45, 7) is 1.81. The summed E-state index contributed by atoms with van der Waals surface area (Å²) < 4.78 is 31.8. The van der Waals surface area contributed by atoms with Crippen LogP contribution >= 0.6 is 12.4 Å². The van der Waals surface area contributed by atoms with Gasteiger partial charge in [0.15, 0.2) is 0 Å². The van der Waals surface area contributed by atoms with Gasteiger partial charge in [0.25, 0.3) is 0 Å². The summed E-state index contributed by atoms with van der Waals surface area (Å²) in [7, 11) is -1.99. The molecule has 1 aliphatic heterocycles. The molecule has 0 aromatic heterocycles. The van der Waals surface area contributed by atoms with Crippen molar-refractivity contribution in [2.75, 3.05) is 33.3 Å². The van der Waals surface area contributed by atoms with E-state index in [-0.39, 0.29) is 29.1 Å². The Hall–Kier alpha value is -1.35. The molecular formula is C16H26ClN3O4S. The molecule has 1 fully saturated rings. The zero-order chi connectivity index (χ0) is 17.6. The molecule has 1 aromatic rings. The Labute approximate surface area is 155 Å². The third kappa shape index (κ3) is 5.57. The van der Waals surface area contributed by atoms with E-state index in [4.69, 9.17) is 10.5 Å². The van der Waals surface area contributed by atoms with Crippen LogP contribution in [0.5, 0.6) is 5.75 Å². The summed E-state index contributed by atoms with van der Waals surface area (Å²) in [5, 5.41) is 2.85. The highest BCUT2D eigenvalue weighted by Gasteiger charge is 2.31. The summed E-state index contributed by atoms with van der Waals surface area (Å²) in [6.07, 6.45) is 1.81. The van der Waals surface area contributed by atoms with Gasteiger partial charge in [0.2, 0.25) is 15.9 Å². The minimum Gasteiger partial charge on any atom is -0.497 e. The first-order valence-corrected chi connectivity index (χ1v) is 9.55. The van der Waals surface area contributed by atoms with E-state index in [9.17, 15) is 13.2 Å². The van der Waals surface area contributed by atoms with E-state index in [2.05, 4.69) is 5.32 Å². The van der Waals surface area contributed by atoms with Crippen molar-refractivity contribution >= 4 is 28.3 Å². The second kappa shape index (κ2) is 9.96. The minimum absolute atomic E-state index is 0. The molecule has 2 rings (SSSR count). The quantitative estimate of drug-likeness (QED) is 0.674. The van der Waals surface area contributed by atoms with Gasteiger partial charge in [0.05, 0.1) is 12.0 Å². The summed E-state index contributed by atoms with van der Waals surface area (Å²) in [5.74, 6) is 0.469. The summed E-state index contributed by atoms with van der Waals surface area (Å²) in [6, 6.07) is 6.34. The van der Waals surface area contributed by atoms with E-state index in [1.54, 1.807) is 24.3 Å². The average molecular weight is 392 g/mol. The van der Waals surface area contributed by atoms with Gasteiger partial charge in [0, 0.05) is 25.6 Å². The minimum atomic E-state index is -3.53. The maximum atomic E-state index is 12.6. The number of sulfonamides is 1. The van der Waals surface area contributed by atoms with Gasteiger partial charge < -0.3 is 15.8 Å². The van der Waals surface area contributed by atoms with E-state index in [0.717, 1.165) is 6.42 Å². The molecule has 3 N–H and O–H groups in total. The molecule has 1 aromatic carbocycles. The van der Waals surface area contributed by atoms with Crippen molar-refractivity contribution in [2.45, 2.75) is 24.2 Å². The molecular weight excluding hydrogens is 366 g/mol. The molecule has 142 valence electrons. The first-order chi connectivity index (χ1) is 11.5. The molecule has 9 heteroatoms. The molecule has 0 saturated carbocycles.